The van der Waals surface area contributed by atoms with Gasteiger partial charge in [0.1, 0.15) is 12.0 Å². The minimum atomic E-state index is -1.52. The number of nitro benzene ring substituents is 1. The van der Waals surface area contributed by atoms with Gasteiger partial charge in [-0.15, -0.1) is 0 Å². The number of nitro groups is 1. The number of rotatable bonds is 5. The Kier molecular flexibility index (Phi) is 6.08. The molecule has 1 N–H and O–H groups in total. The summed E-state index contributed by atoms with van der Waals surface area (Å²) in [6.45, 7) is 0. The second-order valence-corrected chi connectivity index (χ2v) is 5.74. The van der Waals surface area contributed by atoms with Crippen LogP contribution in [0.5, 0.6) is 0 Å². The van der Waals surface area contributed by atoms with Gasteiger partial charge in [0.2, 0.25) is 0 Å². The average molecular weight is 382 g/mol. The maximum atomic E-state index is 12.4. The van der Waals surface area contributed by atoms with Crippen molar-refractivity contribution in [2.45, 2.75) is 12.1 Å². The molecule has 0 aromatic heterocycles. The summed E-state index contributed by atoms with van der Waals surface area (Å²) in [4.78, 5) is 47.0. The van der Waals surface area contributed by atoms with Crippen LogP contribution in [0.15, 0.2) is 24.3 Å². The van der Waals surface area contributed by atoms with Gasteiger partial charge in [0.25, 0.3) is 5.69 Å². The Balaban J connectivity index is 2.58. The molecule has 0 saturated carbocycles. The van der Waals surface area contributed by atoms with E-state index in [-0.39, 0.29) is 11.3 Å². The van der Waals surface area contributed by atoms with Crippen LogP contribution < -0.4 is 0 Å². The van der Waals surface area contributed by atoms with E-state index >= 15 is 0 Å². The summed E-state index contributed by atoms with van der Waals surface area (Å²) in [7, 11) is 3.24. The van der Waals surface area contributed by atoms with Crippen molar-refractivity contribution in [3.8, 4) is 0 Å². The third kappa shape index (κ3) is 3.59. The number of hydrogen-bond acceptors (Lipinski definition) is 10. The molecule has 27 heavy (non-hydrogen) atoms. The van der Waals surface area contributed by atoms with Crippen LogP contribution in [-0.4, -0.2) is 60.5 Å². The Labute approximate surface area is 153 Å². The summed E-state index contributed by atoms with van der Waals surface area (Å²) < 4.78 is 14.1. The Morgan fingerprint density at radius 1 is 0.963 bits per heavy atom. The summed E-state index contributed by atoms with van der Waals surface area (Å²) in [5.74, 6) is -5.44. The van der Waals surface area contributed by atoms with Crippen molar-refractivity contribution in [1.29, 1.82) is 0 Å². The molecule has 4 atom stereocenters. The van der Waals surface area contributed by atoms with E-state index in [0.717, 1.165) is 21.3 Å². The smallest absolute Gasteiger partial charge is 0.326 e. The molecule has 1 saturated heterocycles. The lowest BCUT2D eigenvalue weighted by Gasteiger charge is -2.23. The molecule has 1 fully saturated rings. The summed E-state index contributed by atoms with van der Waals surface area (Å²) in [5.41, 5.74) is 0.0590. The fourth-order valence-corrected chi connectivity index (χ4v) is 3.25. The lowest BCUT2D eigenvalue weighted by atomic mass is 9.84. The Bertz CT molecular complexity index is 749. The van der Waals surface area contributed by atoms with Gasteiger partial charge in [0.15, 0.2) is 0 Å². The van der Waals surface area contributed by atoms with Crippen molar-refractivity contribution in [3.05, 3.63) is 39.9 Å². The van der Waals surface area contributed by atoms with Crippen molar-refractivity contribution in [2.24, 2.45) is 11.8 Å². The summed E-state index contributed by atoms with van der Waals surface area (Å²) in [5, 5.41) is 21.9. The number of non-ortho nitro benzene ring substituents is 1. The zero-order valence-corrected chi connectivity index (χ0v) is 14.7. The fraction of sp³-hybridized carbons (Fsp3) is 0.438. The van der Waals surface area contributed by atoms with Gasteiger partial charge in [-0.1, -0.05) is 12.1 Å². The van der Waals surface area contributed by atoms with Gasteiger partial charge in [-0.25, -0.2) is 0 Å². The minimum Gasteiger partial charge on any atom is -0.469 e. The maximum absolute atomic E-state index is 12.4. The number of hydrogen-bond donors (Lipinski definition) is 1. The van der Waals surface area contributed by atoms with Gasteiger partial charge in [0, 0.05) is 12.1 Å². The van der Waals surface area contributed by atoms with Gasteiger partial charge >= 0.3 is 17.9 Å². The van der Waals surface area contributed by atoms with Crippen LogP contribution >= 0.6 is 0 Å². The molecule has 0 radical (unpaired) electrons. The standard InChI is InChI=1S/C16H18N2O9/c1-25-14(19)10-11(15(20)26-2)13(16(21)27-3)17(22)12(10)8-4-6-9(7-5-8)18(23)24/h4-7,10-13,22H,1-3H3/t10-,11+,12+,13-/m1/s1. The Morgan fingerprint density at radius 3 is 1.89 bits per heavy atom. The normalized spacial score (nSPS) is 24.9. The first-order chi connectivity index (χ1) is 12.8. The van der Waals surface area contributed by atoms with Gasteiger partial charge in [-0.2, -0.15) is 5.06 Å². The van der Waals surface area contributed by atoms with Gasteiger partial charge in [-0.3, -0.25) is 24.5 Å². The molecule has 1 aliphatic rings. The van der Waals surface area contributed by atoms with Crippen LogP contribution in [0.2, 0.25) is 0 Å². The number of ether oxygens (including phenoxy) is 3. The highest BCUT2D eigenvalue weighted by molar-refractivity contribution is 5.90. The van der Waals surface area contributed by atoms with E-state index in [0.29, 0.717) is 5.06 Å². The molecule has 1 aromatic carbocycles. The molecule has 0 unspecified atom stereocenters. The molecular weight excluding hydrogens is 364 g/mol. The van der Waals surface area contributed by atoms with Crippen molar-refractivity contribution >= 4 is 23.6 Å². The predicted molar refractivity (Wildman–Crippen MR) is 86.3 cm³/mol. The zero-order chi connectivity index (χ0) is 20.3. The highest BCUT2D eigenvalue weighted by atomic mass is 16.6. The molecule has 0 aliphatic carbocycles. The van der Waals surface area contributed by atoms with Crippen molar-refractivity contribution in [1.82, 2.24) is 5.06 Å². The van der Waals surface area contributed by atoms with Crippen molar-refractivity contribution in [3.63, 3.8) is 0 Å². The molecule has 2 rings (SSSR count). The van der Waals surface area contributed by atoms with Crippen LogP contribution in [0.3, 0.4) is 0 Å². The van der Waals surface area contributed by atoms with E-state index in [9.17, 15) is 29.7 Å². The highest BCUT2D eigenvalue weighted by Crippen LogP contribution is 2.45. The summed E-state index contributed by atoms with van der Waals surface area (Å²) in [6.07, 6.45) is 0. The van der Waals surface area contributed by atoms with Crippen LogP contribution in [0.1, 0.15) is 11.6 Å². The van der Waals surface area contributed by atoms with Crippen LogP contribution in [-0.2, 0) is 28.6 Å². The zero-order valence-electron chi connectivity index (χ0n) is 14.7. The molecule has 0 amide bonds. The quantitative estimate of drug-likeness (QED) is 0.330. The summed E-state index contributed by atoms with van der Waals surface area (Å²) in [6, 6.07) is 2.27. The summed E-state index contributed by atoms with van der Waals surface area (Å²) >= 11 is 0. The Morgan fingerprint density at radius 2 is 1.44 bits per heavy atom. The highest BCUT2D eigenvalue weighted by Gasteiger charge is 2.60. The molecule has 11 nitrogen and oxygen atoms in total. The number of esters is 3. The molecule has 0 bridgehead atoms. The lowest BCUT2D eigenvalue weighted by Crippen LogP contribution is -2.43. The van der Waals surface area contributed by atoms with Crippen molar-refractivity contribution in [2.75, 3.05) is 21.3 Å². The van der Waals surface area contributed by atoms with E-state index in [1.54, 1.807) is 0 Å². The van der Waals surface area contributed by atoms with Gasteiger partial charge in [-0.05, 0) is 5.56 Å². The molecule has 146 valence electrons. The van der Waals surface area contributed by atoms with E-state index in [2.05, 4.69) is 9.47 Å². The van der Waals surface area contributed by atoms with E-state index in [4.69, 9.17) is 4.74 Å². The lowest BCUT2D eigenvalue weighted by molar-refractivity contribution is -0.384. The number of methoxy groups -OCH3 is 3. The van der Waals surface area contributed by atoms with Crippen LogP contribution in [0, 0.1) is 22.0 Å². The van der Waals surface area contributed by atoms with Gasteiger partial charge < -0.3 is 19.4 Å². The van der Waals surface area contributed by atoms with E-state index in [1.807, 2.05) is 0 Å². The number of carbonyl (C=O) groups is 3. The van der Waals surface area contributed by atoms with Gasteiger partial charge in [0.05, 0.1) is 38.2 Å². The van der Waals surface area contributed by atoms with Crippen LogP contribution in [0.4, 0.5) is 5.69 Å². The average Bonchev–Trinajstić information content (AvgIpc) is 2.99. The second-order valence-electron chi connectivity index (χ2n) is 5.74. The first-order valence-corrected chi connectivity index (χ1v) is 7.73. The van der Waals surface area contributed by atoms with E-state index < -0.39 is 46.8 Å². The van der Waals surface area contributed by atoms with Crippen molar-refractivity contribution < 1.29 is 38.7 Å². The predicted octanol–water partition coefficient (Wildman–Crippen LogP) is 0.461. The molecule has 0 spiro atoms. The molecule has 11 heteroatoms. The molecule has 1 aliphatic heterocycles. The second kappa shape index (κ2) is 8.10. The largest absolute Gasteiger partial charge is 0.469 e. The minimum absolute atomic E-state index is 0.204. The first-order valence-electron chi connectivity index (χ1n) is 7.73. The topological polar surface area (TPSA) is 146 Å². The third-order valence-corrected chi connectivity index (χ3v) is 4.47. The molecule has 1 aromatic rings. The maximum Gasteiger partial charge on any atom is 0.326 e. The SMILES string of the molecule is COC(=O)[C@@H]1[C@H](C(=O)OC)[C@H](C(=O)OC)N(O)[C@H]1c1ccc([N+](=O)[O-])cc1. The third-order valence-electron chi connectivity index (χ3n) is 4.47. The number of hydroxylamine groups is 2. The fourth-order valence-electron chi connectivity index (χ4n) is 3.25. The van der Waals surface area contributed by atoms with Crippen LogP contribution in [0.25, 0.3) is 0 Å². The number of benzene rings is 1. The number of nitrogens with zero attached hydrogens (tertiary/aromatic N) is 2. The first kappa shape index (κ1) is 20.3. The monoisotopic (exact) mass is 382 g/mol. The number of carbonyl (C=O) groups excluding carboxylic acids is 3. The molecule has 1 heterocycles. The molecular formula is C16H18N2O9. The van der Waals surface area contributed by atoms with E-state index in [1.165, 1.54) is 24.3 Å². The Hall–Kier alpha value is -3.05.